The third kappa shape index (κ3) is 8.00. The van der Waals surface area contributed by atoms with Crippen molar-refractivity contribution in [2.45, 2.75) is 88.6 Å². The molecule has 204 valence electrons. The second-order valence-corrected chi connectivity index (χ2v) is 10.2. The molecule has 4 N–H and O–H groups in total. The van der Waals surface area contributed by atoms with Crippen LogP contribution in [0.1, 0.15) is 62.8 Å². The van der Waals surface area contributed by atoms with Crippen molar-refractivity contribution < 1.29 is 18.9 Å². The SMILES string of the molecule is COCCOc1cc(OCCOC)c2nc1CN[C@@H]1CCCC[C@H]1NCCN[C@@H]1CCCC[C@H]1NC2. The van der Waals surface area contributed by atoms with Crippen LogP contribution in [0.3, 0.4) is 0 Å². The Morgan fingerprint density at radius 2 is 1.06 bits per heavy atom. The van der Waals surface area contributed by atoms with Gasteiger partial charge in [-0.15, -0.1) is 0 Å². The smallest absolute Gasteiger partial charge is 0.145 e. The molecule has 9 nitrogen and oxygen atoms in total. The number of ether oxygens (including phenoxy) is 4. The molecule has 2 saturated carbocycles. The van der Waals surface area contributed by atoms with Gasteiger partial charge in [-0.05, 0) is 25.7 Å². The van der Waals surface area contributed by atoms with Crippen molar-refractivity contribution in [2.24, 2.45) is 0 Å². The van der Waals surface area contributed by atoms with Crippen LogP contribution in [0.25, 0.3) is 0 Å². The molecule has 2 bridgehead atoms. The lowest BCUT2D eigenvalue weighted by atomic mass is 9.89. The summed E-state index contributed by atoms with van der Waals surface area (Å²) in [6, 6.07) is 3.84. The zero-order valence-electron chi connectivity index (χ0n) is 22.3. The van der Waals surface area contributed by atoms with Crippen LogP contribution in [0.15, 0.2) is 6.07 Å². The van der Waals surface area contributed by atoms with Crippen LogP contribution < -0.4 is 30.7 Å². The minimum absolute atomic E-state index is 0.430. The summed E-state index contributed by atoms with van der Waals surface area (Å²) >= 11 is 0. The molecule has 0 unspecified atom stereocenters. The summed E-state index contributed by atoms with van der Waals surface area (Å²) in [5, 5.41) is 15.3. The molecule has 4 rings (SSSR count). The van der Waals surface area contributed by atoms with Crippen LogP contribution in [0, 0.1) is 0 Å². The van der Waals surface area contributed by atoms with Gasteiger partial charge in [-0.1, -0.05) is 25.7 Å². The summed E-state index contributed by atoms with van der Waals surface area (Å²) in [5.41, 5.74) is 1.86. The van der Waals surface area contributed by atoms with Gasteiger partial charge in [0.2, 0.25) is 0 Å². The Morgan fingerprint density at radius 1 is 0.639 bits per heavy atom. The molecule has 3 aliphatic rings. The predicted molar refractivity (Wildman–Crippen MR) is 141 cm³/mol. The van der Waals surface area contributed by atoms with Crippen LogP contribution in [0.2, 0.25) is 0 Å². The topological polar surface area (TPSA) is 97.9 Å². The van der Waals surface area contributed by atoms with Crippen LogP contribution in [0.4, 0.5) is 0 Å². The maximum absolute atomic E-state index is 6.13. The molecule has 0 aromatic carbocycles. The molecule has 4 atom stereocenters. The monoisotopic (exact) mass is 505 g/mol. The van der Waals surface area contributed by atoms with Crippen molar-refractivity contribution in [3.8, 4) is 11.5 Å². The fourth-order valence-corrected chi connectivity index (χ4v) is 5.74. The molecule has 9 heteroatoms. The summed E-state index contributed by atoms with van der Waals surface area (Å²) in [6.07, 6.45) is 9.91. The highest BCUT2D eigenvalue weighted by Gasteiger charge is 2.28. The molecule has 0 spiro atoms. The molecule has 2 heterocycles. The van der Waals surface area contributed by atoms with Gasteiger partial charge in [0, 0.05) is 70.6 Å². The largest absolute Gasteiger partial charge is 0.489 e. The maximum atomic E-state index is 6.13. The second-order valence-electron chi connectivity index (χ2n) is 10.2. The lowest BCUT2D eigenvalue weighted by molar-refractivity contribution is 0.140. The van der Waals surface area contributed by atoms with Crippen molar-refractivity contribution in [1.29, 1.82) is 0 Å². The lowest BCUT2D eigenvalue weighted by Crippen LogP contribution is -2.53. The van der Waals surface area contributed by atoms with Crippen LogP contribution in [-0.4, -0.2) is 82.9 Å². The van der Waals surface area contributed by atoms with E-state index in [1.54, 1.807) is 14.2 Å². The first-order valence-corrected chi connectivity index (χ1v) is 14.0. The highest BCUT2D eigenvalue weighted by Crippen LogP contribution is 2.29. The first kappa shape index (κ1) is 27.5. The molecule has 0 radical (unpaired) electrons. The zero-order valence-corrected chi connectivity index (χ0v) is 22.3. The van der Waals surface area contributed by atoms with E-state index in [1.165, 1.54) is 51.4 Å². The number of fused-ring (bicyclic) bond motifs is 4. The van der Waals surface area contributed by atoms with Crippen molar-refractivity contribution in [3.63, 3.8) is 0 Å². The first-order valence-electron chi connectivity index (χ1n) is 14.0. The quantitative estimate of drug-likeness (QED) is 0.396. The van der Waals surface area contributed by atoms with E-state index in [0.717, 1.165) is 36.0 Å². The van der Waals surface area contributed by atoms with E-state index < -0.39 is 0 Å². The normalized spacial score (nSPS) is 27.7. The summed E-state index contributed by atoms with van der Waals surface area (Å²) < 4.78 is 22.7. The van der Waals surface area contributed by atoms with Gasteiger partial charge in [0.05, 0.1) is 24.6 Å². The number of rotatable bonds is 8. The molecule has 2 fully saturated rings. The molecule has 1 aliphatic heterocycles. The minimum atomic E-state index is 0.430. The molecular formula is C27H47N5O4. The third-order valence-corrected chi connectivity index (χ3v) is 7.72. The summed E-state index contributed by atoms with van der Waals surface area (Å²) in [5.74, 6) is 1.52. The van der Waals surface area contributed by atoms with Crippen LogP contribution in [0.5, 0.6) is 11.5 Å². The highest BCUT2D eigenvalue weighted by molar-refractivity contribution is 5.40. The molecule has 0 saturated heterocycles. The van der Waals surface area contributed by atoms with Crippen molar-refractivity contribution in [1.82, 2.24) is 26.3 Å². The third-order valence-electron chi connectivity index (χ3n) is 7.72. The van der Waals surface area contributed by atoms with Gasteiger partial charge in [0.15, 0.2) is 0 Å². The lowest BCUT2D eigenvalue weighted by Gasteiger charge is -2.34. The van der Waals surface area contributed by atoms with E-state index in [9.17, 15) is 0 Å². The van der Waals surface area contributed by atoms with E-state index in [1.807, 2.05) is 6.07 Å². The Kier molecular flexibility index (Phi) is 11.5. The number of methoxy groups -OCH3 is 2. The number of hydrogen-bond acceptors (Lipinski definition) is 9. The fraction of sp³-hybridized carbons (Fsp3) is 0.815. The second kappa shape index (κ2) is 15.1. The van der Waals surface area contributed by atoms with Gasteiger partial charge < -0.3 is 40.2 Å². The Labute approximate surface area is 216 Å². The standard InChI is InChI=1S/C27H47N5O4/c1-33-13-15-35-26-17-27(36-16-14-34-2)25-19-31-23-10-6-4-8-21(23)29-12-11-28-20-7-3-5-9-22(20)30-18-24(26)32-25/h17,20-23,28-31H,3-16,18-19H2,1-2H3/t20-,21-,22-,23-/m1/s1. The predicted octanol–water partition coefficient (Wildman–Crippen LogP) is 2.13. The summed E-state index contributed by atoms with van der Waals surface area (Å²) in [6.45, 7) is 5.34. The van der Waals surface area contributed by atoms with E-state index in [-0.39, 0.29) is 0 Å². The average molecular weight is 506 g/mol. The van der Waals surface area contributed by atoms with E-state index in [4.69, 9.17) is 23.9 Å². The average Bonchev–Trinajstić information content (AvgIpc) is 2.91. The van der Waals surface area contributed by atoms with E-state index >= 15 is 0 Å². The molecule has 0 amide bonds. The maximum Gasteiger partial charge on any atom is 0.145 e. The Balaban J connectivity index is 1.60. The van der Waals surface area contributed by atoms with Gasteiger partial charge in [0.1, 0.15) is 24.7 Å². The van der Waals surface area contributed by atoms with Gasteiger partial charge in [0.25, 0.3) is 0 Å². The number of pyridine rings is 1. The van der Waals surface area contributed by atoms with Gasteiger partial charge >= 0.3 is 0 Å². The summed E-state index contributed by atoms with van der Waals surface area (Å²) in [7, 11) is 3.38. The van der Waals surface area contributed by atoms with E-state index in [2.05, 4.69) is 21.3 Å². The van der Waals surface area contributed by atoms with Crippen LogP contribution in [-0.2, 0) is 22.6 Å². The highest BCUT2D eigenvalue weighted by atomic mass is 16.5. The van der Waals surface area contributed by atoms with Crippen molar-refractivity contribution in [2.75, 3.05) is 53.7 Å². The molecule has 36 heavy (non-hydrogen) atoms. The van der Waals surface area contributed by atoms with Crippen molar-refractivity contribution in [3.05, 3.63) is 17.5 Å². The Morgan fingerprint density at radius 3 is 1.47 bits per heavy atom. The zero-order chi connectivity index (χ0) is 25.0. The molecule has 1 aromatic rings. The fourth-order valence-electron chi connectivity index (χ4n) is 5.74. The Hall–Kier alpha value is -1.49. The summed E-state index contributed by atoms with van der Waals surface area (Å²) in [4.78, 5) is 5.12. The van der Waals surface area contributed by atoms with Gasteiger partial charge in [-0.2, -0.15) is 0 Å². The number of nitrogens with one attached hydrogen (secondary N) is 4. The van der Waals surface area contributed by atoms with Crippen molar-refractivity contribution >= 4 is 0 Å². The number of hydrogen-bond donors (Lipinski definition) is 4. The first-order chi connectivity index (χ1) is 17.8. The number of aromatic nitrogens is 1. The minimum Gasteiger partial charge on any atom is -0.489 e. The Bertz CT molecular complexity index is 724. The molecule has 2 aliphatic carbocycles. The molecular weight excluding hydrogens is 458 g/mol. The molecule has 1 aromatic heterocycles. The van der Waals surface area contributed by atoms with Gasteiger partial charge in [-0.25, -0.2) is 4.98 Å². The van der Waals surface area contributed by atoms with E-state index in [0.29, 0.717) is 63.7 Å². The van der Waals surface area contributed by atoms with Gasteiger partial charge in [-0.3, -0.25) is 0 Å². The number of nitrogens with zero attached hydrogens (tertiary/aromatic N) is 1. The van der Waals surface area contributed by atoms with Crippen LogP contribution >= 0.6 is 0 Å².